The number of nitrogens with zero attached hydrogens (tertiary/aromatic N) is 2. The summed E-state index contributed by atoms with van der Waals surface area (Å²) in [7, 11) is 0. The van der Waals surface area contributed by atoms with Crippen molar-refractivity contribution in [2.45, 2.75) is 0 Å². The Morgan fingerprint density at radius 2 is 2.33 bits per heavy atom. The van der Waals surface area contributed by atoms with E-state index in [1.807, 2.05) is 0 Å². The maximum Gasteiger partial charge on any atom is 0.270 e. The molecule has 0 saturated carbocycles. The van der Waals surface area contributed by atoms with Gasteiger partial charge in [0.25, 0.3) is 5.69 Å². The van der Waals surface area contributed by atoms with Gasteiger partial charge in [-0.1, -0.05) is 17.7 Å². The van der Waals surface area contributed by atoms with E-state index < -0.39 is 4.92 Å². The Bertz CT molecular complexity index is 446. The zero-order chi connectivity index (χ0) is 11.3. The van der Waals surface area contributed by atoms with Gasteiger partial charge in [0.2, 0.25) is 0 Å². The molecular weight excluding hydrogens is 196 g/mol. The van der Waals surface area contributed by atoms with Crippen LogP contribution in [-0.2, 0) is 0 Å². The van der Waals surface area contributed by atoms with E-state index in [9.17, 15) is 15.2 Å². The van der Waals surface area contributed by atoms with Gasteiger partial charge in [0.05, 0.1) is 11.5 Å². The molecule has 0 radical (unpaired) electrons. The van der Waals surface area contributed by atoms with E-state index in [2.05, 4.69) is 10.9 Å². The van der Waals surface area contributed by atoms with Crippen molar-refractivity contribution in [1.82, 2.24) is 0 Å². The number of terminal acetylenes is 1. The van der Waals surface area contributed by atoms with E-state index >= 15 is 0 Å². The van der Waals surface area contributed by atoms with Crippen LogP contribution in [0.3, 0.4) is 0 Å². The summed E-state index contributed by atoms with van der Waals surface area (Å²) < 4.78 is 0. The molecule has 0 heterocycles. The minimum atomic E-state index is -0.571. The Kier molecular flexibility index (Phi) is 3.41. The normalized spacial score (nSPS) is 10.1. The molecule has 0 aliphatic rings. The molecule has 1 aromatic rings. The molecule has 0 aliphatic carbocycles. The van der Waals surface area contributed by atoms with Crippen molar-refractivity contribution in [3.05, 3.63) is 33.9 Å². The number of nitro groups is 1. The lowest BCUT2D eigenvalue weighted by molar-refractivity contribution is -0.385. The number of hydrogen-bond acceptors (Lipinski definition) is 4. The zero-order valence-corrected chi connectivity index (χ0v) is 7.71. The number of nitro benzene ring substituents is 1. The van der Waals surface area contributed by atoms with Crippen LogP contribution in [0.4, 0.5) is 5.69 Å². The smallest absolute Gasteiger partial charge is 0.270 e. The van der Waals surface area contributed by atoms with Crippen molar-refractivity contribution in [3.63, 3.8) is 0 Å². The number of aliphatic imine (C=N–C) groups is 1. The molecule has 15 heavy (non-hydrogen) atoms. The maximum atomic E-state index is 11.2. The molecule has 1 aromatic carbocycles. The third kappa shape index (κ3) is 2.81. The van der Waals surface area contributed by atoms with Gasteiger partial charge in [0.1, 0.15) is 0 Å². The van der Waals surface area contributed by atoms with Gasteiger partial charge >= 0.3 is 0 Å². The van der Waals surface area contributed by atoms with Gasteiger partial charge in [-0.25, -0.2) is 0 Å². The summed E-state index contributed by atoms with van der Waals surface area (Å²) in [5.41, 5.74) is 0.0243. The van der Waals surface area contributed by atoms with Gasteiger partial charge < -0.3 is 5.11 Å². The third-order valence-electron chi connectivity index (χ3n) is 1.62. The fourth-order valence-corrected chi connectivity index (χ4v) is 0.947. The molecular formula is C10H7N2O3-. The topological polar surface area (TPSA) is 78.6 Å². The molecule has 0 fully saturated rings. The van der Waals surface area contributed by atoms with Crippen LogP contribution in [-0.4, -0.2) is 17.7 Å². The van der Waals surface area contributed by atoms with Crippen LogP contribution in [0.1, 0.15) is 5.56 Å². The van der Waals surface area contributed by atoms with E-state index in [1.165, 1.54) is 12.3 Å². The number of non-ortho nitro benzene ring substituents is 1. The molecule has 0 spiro atoms. The van der Waals surface area contributed by atoms with Gasteiger partial charge in [0.15, 0.2) is 0 Å². The second-order valence-corrected chi connectivity index (χ2v) is 2.65. The monoisotopic (exact) mass is 203 g/mol. The Morgan fingerprint density at radius 1 is 1.60 bits per heavy atom. The number of benzene rings is 1. The van der Waals surface area contributed by atoms with Gasteiger partial charge in [-0.3, -0.25) is 15.1 Å². The summed E-state index contributed by atoms with van der Waals surface area (Å²) in [6.45, 7) is 0.141. The first kappa shape index (κ1) is 10.7. The highest BCUT2D eigenvalue weighted by Gasteiger charge is 2.04. The lowest BCUT2D eigenvalue weighted by atomic mass is 10.2. The highest BCUT2D eigenvalue weighted by molar-refractivity contribution is 5.84. The second kappa shape index (κ2) is 4.77. The second-order valence-electron chi connectivity index (χ2n) is 2.65. The summed E-state index contributed by atoms with van der Waals surface area (Å²) in [6.07, 6.45) is 6.20. The van der Waals surface area contributed by atoms with Crippen molar-refractivity contribution >= 4 is 11.9 Å². The highest BCUT2D eigenvalue weighted by Crippen LogP contribution is 2.18. The summed E-state index contributed by atoms with van der Waals surface area (Å²) in [4.78, 5) is 13.6. The van der Waals surface area contributed by atoms with E-state index in [-0.39, 0.29) is 23.5 Å². The maximum absolute atomic E-state index is 11.2. The summed E-state index contributed by atoms with van der Waals surface area (Å²) in [5, 5.41) is 21.6. The third-order valence-corrected chi connectivity index (χ3v) is 1.62. The average Bonchev–Trinajstić information content (AvgIpc) is 2.20. The predicted octanol–water partition coefficient (Wildman–Crippen LogP) is 0.720. The summed E-state index contributed by atoms with van der Waals surface area (Å²) >= 11 is 0. The molecule has 0 saturated heterocycles. The Balaban J connectivity index is 3.01. The van der Waals surface area contributed by atoms with Crippen molar-refractivity contribution in [2.24, 2.45) is 4.99 Å². The molecule has 5 heteroatoms. The first-order chi connectivity index (χ1) is 7.15. The minimum absolute atomic E-state index is 0.141. The molecule has 0 N–H and O–H groups in total. The molecule has 76 valence electrons. The standard InChI is InChI=1S/C10H8N2O3/c1-2-5-11-7-8-6-9(12(14)15)3-4-10(8)13/h1,3-4,6-7,13H,5H2/p-1. The van der Waals surface area contributed by atoms with Crippen LogP contribution in [0.15, 0.2) is 23.2 Å². The van der Waals surface area contributed by atoms with E-state index in [0.29, 0.717) is 0 Å². The van der Waals surface area contributed by atoms with E-state index in [1.54, 1.807) is 0 Å². The van der Waals surface area contributed by atoms with Crippen molar-refractivity contribution < 1.29 is 10.0 Å². The number of rotatable bonds is 3. The van der Waals surface area contributed by atoms with Crippen LogP contribution in [0.5, 0.6) is 5.75 Å². The average molecular weight is 203 g/mol. The molecule has 0 bridgehead atoms. The number of hydrogen-bond donors (Lipinski definition) is 0. The van der Waals surface area contributed by atoms with Crippen LogP contribution in [0.25, 0.3) is 0 Å². The Hall–Kier alpha value is -2.35. The first-order valence-electron chi connectivity index (χ1n) is 4.04. The summed E-state index contributed by atoms with van der Waals surface area (Å²) in [5.74, 6) is 1.94. The molecule has 5 nitrogen and oxygen atoms in total. The molecule has 1 rings (SSSR count). The van der Waals surface area contributed by atoms with Gasteiger partial charge in [-0.15, -0.1) is 6.42 Å². The quantitative estimate of drug-likeness (QED) is 0.314. The fraction of sp³-hybridized carbons (Fsp3) is 0.100. The van der Waals surface area contributed by atoms with Gasteiger partial charge in [-0.2, -0.15) is 0 Å². The molecule has 0 aromatic heterocycles. The van der Waals surface area contributed by atoms with Crippen LogP contribution >= 0.6 is 0 Å². The van der Waals surface area contributed by atoms with Crippen LogP contribution in [0, 0.1) is 22.5 Å². The van der Waals surface area contributed by atoms with Crippen LogP contribution < -0.4 is 5.11 Å². The van der Waals surface area contributed by atoms with Crippen molar-refractivity contribution in [2.75, 3.05) is 6.54 Å². The first-order valence-corrected chi connectivity index (χ1v) is 4.04. The van der Waals surface area contributed by atoms with E-state index in [4.69, 9.17) is 6.42 Å². The highest BCUT2D eigenvalue weighted by atomic mass is 16.6. The molecule has 0 aliphatic heterocycles. The zero-order valence-electron chi connectivity index (χ0n) is 7.71. The van der Waals surface area contributed by atoms with Crippen molar-refractivity contribution in [1.29, 1.82) is 0 Å². The lowest BCUT2D eigenvalue weighted by Crippen LogP contribution is -1.98. The van der Waals surface area contributed by atoms with Crippen molar-refractivity contribution in [3.8, 4) is 18.1 Å². The molecule has 0 atom stereocenters. The van der Waals surface area contributed by atoms with Gasteiger partial charge in [-0.05, 0) is 5.56 Å². The lowest BCUT2D eigenvalue weighted by Gasteiger charge is -2.08. The Morgan fingerprint density at radius 3 is 2.93 bits per heavy atom. The minimum Gasteiger partial charge on any atom is -0.872 e. The fourth-order valence-electron chi connectivity index (χ4n) is 0.947. The SMILES string of the molecule is C#CCN=Cc1cc([N+](=O)[O-])ccc1[O-]. The molecule has 0 amide bonds. The summed E-state index contributed by atoms with van der Waals surface area (Å²) in [6, 6.07) is 3.46. The molecule has 0 unspecified atom stereocenters. The Labute approximate surface area is 86.2 Å². The van der Waals surface area contributed by atoms with E-state index in [0.717, 1.165) is 12.1 Å². The predicted molar refractivity (Wildman–Crippen MR) is 53.8 cm³/mol. The van der Waals surface area contributed by atoms with Crippen LogP contribution in [0.2, 0.25) is 0 Å². The van der Waals surface area contributed by atoms with Gasteiger partial charge in [0, 0.05) is 18.3 Å². The largest absolute Gasteiger partial charge is 0.872 e.